The van der Waals surface area contributed by atoms with Crippen molar-refractivity contribution in [1.29, 1.82) is 0 Å². The molecule has 0 amide bonds. The summed E-state index contributed by atoms with van der Waals surface area (Å²) in [6.07, 6.45) is 1.48. The Labute approximate surface area is 99.5 Å². The van der Waals surface area contributed by atoms with Crippen LogP contribution >= 0.6 is 0 Å². The summed E-state index contributed by atoms with van der Waals surface area (Å²) in [5, 5.41) is 10.2. The summed E-state index contributed by atoms with van der Waals surface area (Å²) in [7, 11) is 0. The average molecular weight is 246 g/mol. The molecule has 0 saturated carbocycles. The van der Waals surface area contributed by atoms with Gasteiger partial charge in [0.2, 0.25) is 0 Å². The maximum atomic E-state index is 13.2. The van der Waals surface area contributed by atoms with Crippen LogP contribution in [0.15, 0.2) is 39.8 Å². The number of aromatic amines is 2. The highest BCUT2D eigenvalue weighted by molar-refractivity contribution is 5.76. The highest BCUT2D eigenvalue weighted by atomic mass is 19.1. The standard InChI is InChI=1S/C11H7FN4O2/c12-7-3-1-2-6(4-7)9-8(5-13-15-9)10-14-11(17)18-16-10/h1-5H,(H,13,15)(H,14,16,17). The van der Waals surface area contributed by atoms with E-state index < -0.39 is 5.76 Å². The first-order chi connectivity index (χ1) is 8.74. The molecular weight excluding hydrogens is 239 g/mol. The maximum absolute atomic E-state index is 13.2. The van der Waals surface area contributed by atoms with E-state index in [9.17, 15) is 9.18 Å². The van der Waals surface area contributed by atoms with Crippen LogP contribution in [0, 0.1) is 5.82 Å². The van der Waals surface area contributed by atoms with Crippen molar-refractivity contribution in [1.82, 2.24) is 20.3 Å². The lowest BCUT2D eigenvalue weighted by Gasteiger charge is -2.00. The number of aromatic nitrogens is 4. The van der Waals surface area contributed by atoms with E-state index in [1.54, 1.807) is 12.1 Å². The molecule has 90 valence electrons. The van der Waals surface area contributed by atoms with Gasteiger partial charge >= 0.3 is 5.76 Å². The summed E-state index contributed by atoms with van der Waals surface area (Å²) in [5.41, 5.74) is 1.69. The van der Waals surface area contributed by atoms with Gasteiger partial charge in [0.05, 0.1) is 17.5 Å². The molecule has 1 aromatic carbocycles. The fraction of sp³-hybridized carbons (Fsp3) is 0. The SMILES string of the molecule is O=c1[nH]c(-c2cn[nH]c2-c2cccc(F)c2)no1. The van der Waals surface area contributed by atoms with Crippen LogP contribution in [0.25, 0.3) is 22.6 Å². The van der Waals surface area contributed by atoms with Gasteiger partial charge in [0.15, 0.2) is 5.82 Å². The lowest BCUT2D eigenvalue weighted by atomic mass is 10.1. The molecule has 0 unspecified atom stereocenters. The first-order valence-electron chi connectivity index (χ1n) is 5.10. The Morgan fingerprint density at radius 1 is 1.33 bits per heavy atom. The maximum Gasteiger partial charge on any atom is 0.439 e. The van der Waals surface area contributed by atoms with Crippen LogP contribution in [0.5, 0.6) is 0 Å². The molecule has 2 N–H and O–H groups in total. The van der Waals surface area contributed by atoms with E-state index in [0.717, 1.165) is 0 Å². The molecule has 2 heterocycles. The van der Waals surface area contributed by atoms with E-state index in [2.05, 4.69) is 24.9 Å². The van der Waals surface area contributed by atoms with Crippen LogP contribution in [-0.2, 0) is 0 Å². The van der Waals surface area contributed by atoms with Gasteiger partial charge in [-0.2, -0.15) is 5.10 Å². The van der Waals surface area contributed by atoms with Crippen LogP contribution in [0.1, 0.15) is 0 Å². The Morgan fingerprint density at radius 3 is 2.94 bits per heavy atom. The smallest absolute Gasteiger partial charge is 0.296 e. The number of nitrogens with zero attached hydrogens (tertiary/aromatic N) is 2. The number of hydrogen-bond acceptors (Lipinski definition) is 4. The Morgan fingerprint density at radius 2 is 2.22 bits per heavy atom. The van der Waals surface area contributed by atoms with Crippen molar-refractivity contribution in [2.24, 2.45) is 0 Å². The number of rotatable bonds is 2. The molecule has 0 spiro atoms. The first kappa shape index (κ1) is 10.5. The first-order valence-corrected chi connectivity index (χ1v) is 5.10. The summed E-state index contributed by atoms with van der Waals surface area (Å²) in [6, 6.07) is 6.01. The quantitative estimate of drug-likeness (QED) is 0.718. The summed E-state index contributed by atoms with van der Waals surface area (Å²) in [6.45, 7) is 0. The van der Waals surface area contributed by atoms with E-state index in [-0.39, 0.29) is 11.6 Å². The minimum Gasteiger partial charge on any atom is -0.296 e. The summed E-state index contributed by atoms with van der Waals surface area (Å²) in [4.78, 5) is 13.3. The molecule has 0 aliphatic carbocycles. The molecule has 0 aliphatic rings. The van der Waals surface area contributed by atoms with Crippen molar-refractivity contribution in [3.8, 4) is 22.6 Å². The summed E-state index contributed by atoms with van der Waals surface area (Å²) < 4.78 is 17.6. The van der Waals surface area contributed by atoms with Gasteiger partial charge in [-0.1, -0.05) is 17.3 Å². The van der Waals surface area contributed by atoms with Crippen LogP contribution in [-0.4, -0.2) is 20.3 Å². The third-order valence-corrected chi connectivity index (χ3v) is 2.45. The predicted molar refractivity (Wildman–Crippen MR) is 60.1 cm³/mol. The molecule has 0 atom stereocenters. The van der Waals surface area contributed by atoms with Crippen molar-refractivity contribution in [3.63, 3.8) is 0 Å². The Kier molecular flexibility index (Phi) is 2.30. The highest BCUT2D eigenvalue weighted by Crippen LogP contribution is 2.27. The van der Waals surface area contributed by atoms with Crippen LogP contribution < -0.4 is 5.76 Å². The second-order valence-electron chi connectivity index (χ2n) is 3.61. The molecule has 6 nitrogen and oxygen atoms in total. The molecule has 0 aliphatic heterocycles. The Balaban J connectivity index is 2.15. The molecule has 7 heteroatoms. The minimum absolute atomic E-state index is 0.244. The lowest BCUT2D eigenvalue weighted by molar-refractivity contribution is 0.388. The molecule has 0 bridgehead atoms. The van der Waals surface area contributed by atoms with Crippen LogP contribution in [0.3, 0.4) is 0 Å². The van der Waals surface area contributed by atoms with Gasteiger partial charge in [0.25, 0.3) is 0 Å². The molecule has 18 heavy (non-hydrogen) atoms. The lowest BCUT2D eigenvalue weighted by Crippen LogP contribution is -1.95. The molecular formula is C11H7FN4O2. The predicted octanol–water partition coefficient (Wildman–Crippen LogP) is 1.56. The minimum atomic E-state index is -0.656. The zero-order chi connectivity index (χ0) is 12.5. The van der Waals surface area contributed by atoms with Crippen molar-refractivity contribution in [3.05, 3.63) is 46.8 Å². The van der Waals surface area contributed by atoms with Crippen molar-refractivity contribution in [2.75, 3.05) is 0 Å². The number of H-pyrrole nitrogens is 2. The largest absolute Gasteiger partial charge is 0.439 e. The molecule has 0 radical (unpaired) electrons. The third kappa shape index (κ3) is 1.71. The van der Waals surface area contributed by atoms with Crippen molar-refractivity contribution in [2.45, 2.75) is 0 Å². The van der Waals surface area contributed by atoms with E-state index in [1.165, 1.54) is 18.3 Å². The van der Waals surface area contributed by atoms with Gasteiger partial charge in [-0.15, -0.1) is 0 Å². The fourth-order valence-corrected chi connectivity index (χ4v) is 1.68. The summed E-state index contributed by atoms with van der Waals surface area (Å²) in [5.74, 6) is -0.772. The second-order valence-corrected chi connectivity index (χ2v) is 3.61. The molecule has 3 aromatic rings. The molecule has 0 saturated heterocycles. The van der Waals surface area contributed by atoms with Crippen LogP contribution in [0.4, 0.5) is 4.39 Å². The average Bonchev–Trinajstić information content (AvgIpc) is 2.96. The number of benzene rings is 1. The van der Waals surface area contributed by atoms with Gasteiger partial charge < -0.3 is 0 Å². The highest BCUT2D eigenvalue weighted by Gasteiger charge is 2.14. The van der Waals surface area contributed by atoms with Crippen LogP contribution in [0.2, 0.25) is 0 Å². The van der Waals surface area contributed by atoms with Gasteiger partial charge in [-0.05, 0) is 12.1 Å². The van der Waals surface area contributed by atoms with E-state index in [1.807, 2.05) is 0 Å². The number of hydrogen-bond donors (Lipinski definition) is 2. The number of halogens is 1. The van der Waals surface area contributed by atoms with Gasteiger partial charge in [-0.3, -0.25) is 14.6 Å². The second kappa shape index (κ2) is 3.95. The zero-order valence-electron chi connectivity index (χ0n) is 8.98. The van der Waals surface area contributed by atoms with Gasteiger partial charge in [0, 0.05) is 5.56 Å². The van der Waals surface area contributed by atoms with E-state index in [0.29, 0.717) is 16.8 Å². The van der Waals surface area contributed by atoms with Crippen molar-refractivity contribution < 1.29 is 8.91 Å². The molecule has 0 fully saturated rings. The van der Waals surface area contributed by atoms with E-state index >= 15 is 0 Å². The normalized spacial score (nSPS) is 10.7. The molecule has 3 rings (SSSR count). The van der Waals surface area contributed by atoms with Gasteiger partial charge in [-0.25, -0.2) is 9.18 Å². The molecule has 2 aromatic heterocycles. The Bertz CT molecular complexity index is 743. The third-order valence-electron chi connectivity index (χ3n) is 2.45. The monoisotopic (exact) mass is 246 g/mol. The zero-order valence-corrected chi connectivity index (χ0v) is 8.98. The fourth-order valence-electron chi connectivity index (χ4n) is 1.68. The number of nitrogens with one attached hydrogen (secondary N) is 2. The van der Waals surface area contributed by atoms with Gasteiger partial charge in [0.1, 0.15) is 5.82 Å². The topological polar surface area (TPSA) is 87.6 Å². The Hall–Kier alpha value is -2.70. The van der Waals surface area contributed by atoms with E-state index in [4.69, 9.17) is 0 Å². The summed E-state index contributed by atoms with van der Waals surface area (Å²) >= 11 is 0. The van der Waals surface area contributed by atoms with Crippen molar-refractivity contribution >= 4 is 0 Å².